The Balaban J connectivity index is 1.69. The van der Waals surface area contributed by atoms with Crippen LogP contribution in [0.3, 0.4) is 0 Å². The summed E-state index contributed by atoms with van der Waals surface area (Å²) in [6.07, 6.45) is 12.4. The molecule has 1 aliphatic rings. The maximum Gasteiger partial charge on any atom is 0.0845 e. The van der Waals surface area contributed by atoms with Gasteiger partial charge >= 0.3 is 0 Å². The van der Waals surface area contributed by atoms with Crippen molar-refractivity contribution in [2.24, 2.45) is 0 Å². The highest BCUT2D eigenvalue weighted by Gasteiger charge is 2.35. The Kier molecular flexibility index (Phi) is 3.92. The van der Waals surface area contributed by atoms with E-state index in [-0.39, 0.29) is 6.04 Å². The van der Waals surface area contributed by atoms with Gasteiger partial charge in [-0.2, -0.15) is 5.10 Å². The molecule has 2 aromatic rings. The van der Waals surface area contributed by atoms with E-state index in [2.05, 4.69) is 22.3 Å². The topological polar surface area (TPSA) is 63.0 Å². The molecule has 1 atom stereocenters. The van der Waals surface area contributed by atoms with Crippen LogP contribution in [0, 0.1) is 0 Å². The minimum absolute atomic E-state index is 0.0212. The third-order valence-corrected chi connectivity index (χ3v) is 4.42. The van der Waals surface area contributed by atoms with Gasteiger partial charge < -0.3 is 10.4 Å². The van der Waals surface area contributed by atoms with E-state index in [4.69, 9.17) is 0 Å². The molecule has 0 saturated heterocycles. The normalized spacial score (nSPS) is 19.1. The first-order valence-electron chi connectivity index (χ1n) is 7.61. The van der Waals surface area contributed by atoms with Crippen molar-refractivity contribution in [2.75, 3.05) is 5.32 Å². The van der Waals surface area contributed by atoms with Crippen LogP contribution in [0.5, 0.6) is 0 Å². The number of aromatic nitrogens is 3. The average Bonchev–Trinajstić information content (AvgIpc) is 2.97. The van der Waals surface area contributed by atoms with E-state index in [0.717, 1.165) is 37.1 Å². The second-order valence-corrected chi connectivity index (χ2v) is 5.91. The Bertz CT molecular complexity index is 575. The third kappa shape index (κ3) is 3.08. The molecule has 1 aliphatic carbocycles. The van der Waals surface area contributed by atoms with Gasteiger partial charge in [-0.15, -0.1) is 0 Å². The number of hydrogen-bond acceptors (Lipinski definition) is 4. The first-order valence-corrected chi connectivity index (χ1v) is 7.61. The van der Waals surface area contributed by atoms with E-state index in [0.29, 0.717) is 0 Å². The lowest BCUT2D eigenvalue weighted by Gasteiger charge is -2.38. The summed E-state index contributed by atoms with van der Waals surface area (Å²) in [4.78, 5) is 4.01. The number of nitrogens with zero attached hydrogens (tertiary/aromatic N) is 3. The second-order valence-electron chi connectivity index (χ2n) is 5.91. The summed E-state index contributed by atoms with van der Waals surface area (Å²) >= 11 is 0. The minimum Gasteiger partial charge on any atom is -0.388 e. The summed E-state index contributed by atoms with van der Waals surface area (Å²) in [7, 11) is 0. The largest absolute Gasteiger partial charge is 0.388 e. The lowest BCUT2D eigenvalue weighted by atomic mass is 9.80. The molecular weight excluding hydrogens is 264 g/mol. The first-order chi connectivity index (χ1) is 10.2. The summed E-state index contributed by atoms with van der Waals surface area (Å²) < 4.78 is 1.81. The highest BCUT2D eigenvalue weighted by atomic mass is 16.3. The molecule has 1 fully saturated rings. The van der Waals surface area contributed by atoms with Gasteiger partial charge in [0.2, 0.25) is 0 Å². The van der Waals surface area contributed by atoms with Gasteiger partial charge in [-0.3, -0.25) is 4.98 Å². The lowest BCUT2D eigenvalue weighted by Crippen LogP contribution is -2.46. The number of anilines is 1. The monoisotopic (exact) mass is 286 g/mol. The Labute approximate surface area is 125 Å². The zero-order chi connectivity index (χ0) is 14.7. The maximum atomic E-state index is 10.7. The van der Waals surface area contributed by atoms with Crippen LogP contribution in [0.25, 0.3) is 5.69 Å². The van der Waals surface area contributed by atoms with E-state index in [1.807, 2.05) is 23.0 Å². The molecule has 21 heavy (non-hydrogen) atoms. The van der Waals surface area contributed by atoms with Gasteiger partial charge in [0.1, 0.15) is 0 Å². The van der Waals surface area contributed by atoms with Crippen LogP contribution in [-0.2, 0) is 0 Å². The van der Waals surface area contributed by atoms with Gasteiger partial charge in [-0.05, 0) is 31.9 Å². The summed E-state index contributed by atoms with van der Waals surface area (Å²) in [6.45, 7) is 2.05. The summed E-state index contributed by atoms with van der Waals surface area (Å²) in [5.41, 5.74) is 1.30. The fourth-order valence-corrected chi connectivity index (χ4v) is 3.02. The zero-order valence-electron chi connectivity index (χ0n) is 12.4. The molecule has 3 rings (SSSR count). The summed E-state index contributed by atoms with van der Waals surface area (Å²) in [5, 5.41) is 18.5. The quantitative estimate of drug-likeness (QED) is 0.907. The molecule has 2 aromatic heterocycles. The Morgan fingerprint density at radius 3 is 2.67 bits per heavy atom. The van der Waals surface area contributed by atoms with Crippen molar-refractivity contribution in [3.63, 3.8) is 0 Å². The molecule has 2 N–H and O–H groups in total. The highest BCUT2D eigenvalue weighted by molar-refractivity contribution is 5.43. The van der Waals surface area contributed by atoms with Crippen molar-refractivity contribution >= 4 is 5.69 Å². The van der Waals surface area contributed by atoms with E-state index < -0.39 is 5.60 Å². The maximum absolute atomic E-state index is 10.7. The van der Waals surface area contributed by atoms with Crippen LogP contribution < -0.4 is 5.32 Å². The van der Waals surface area contributed by atoms with Crippen LogP contribution in [0.2, 0.25) is 0 Å². The summed E-state index contributed by atoms with van der Waals surface area (Å²) in [5.74, 6) is 0. The lowest BCUT2D eigenvalue weighted by molar-refractivity contribution is -0.00877. The predicted octanol–water partition coefficient (Wildman–Crippen LogP) is 2.76. The number of aliphatic hydroxyl groups is 1. The fourth-order valence-electron chi connectivity index (χ4n) is 3.02. The summed E-state index contributed by atoms with van der Waals surface area (Å²) in [6, 6.07) is 3.84. The molecule has 1 saturated carbocycles. The molecule has 112 valence electrons. The molecule has 0 radical (unpaired) electrons. The molecule has 0 amide bonds. The van der Waals surface area contributed by atoms with Gasteiger partial charge in [0, 0.05) is 12.4 Å². The smallest absolute Gasteiger partial charge is 0.0845 e. The van der Waals surface area contributed by atoms with Gasteiger partial charge in [0.15, 0.2) is 0 Å². The van der Waals surface area contributed by atoms with Gasteiger partial charge in [-0.25, -0.2) is 4.68 Å². The van der Waals surface area contributed by atoms with Crippen molar-refractivity contribution in [2.45, 2.75) is 50.7 Å². The van der Waals surface area contributed by atoms with E-state index in [1.165, 1.54) is 6.42 Å². The van der Waals surface area contributed by atoms with Crippen molar-refractivity contribution in [1.29, 1.82) is 0 Å². The van der Waals surface area contributed by atoms with E-state index >= 15 is 0 Å². The van der Waals surface area contributed by atoms with Crippen LogP contribution >= 0.6 is 0 Å². The SMILES string of the molecule is CC(Nc1cnn(-c2ccncc2)c1)C1(O)CCCCC1. The second kappa shape index (κ2) is 5.85. The van der Waals surface area contributed by atoms with Crippen LogP contribution in [0.1, 0.15) is 39.0 Å². The van der Waals surface area contributed by atoms with Crippen molar-refractivity contribution in [3.05, 3.63) is 36.9 Å². The molecule has 5 nitrogen and oxygen atoms in total. The Hall–Kier alpha value is -1.88. The van der Waals surface area contributed by atoms with Gasteiger partial charge in [-0.1, -0.05) is 19.3 Å². The number of hydrogen-bond donors (Lipinski definition) is 2. The third-order valence-electron chi connectivity index (χ3n) is 4.42. The molecule has 0 spiro atoms. The van der Waals surface area contributed by atoms with E-state index in [1.54, 1.807) is 18.6 Å². The molecular formula is C16H22N4O. The molecule has 0 aliphatic heterocycles. The average molecular weight is 286 g/mol. The Morgan fingerprint density at radius 1 is 1.24 bits per heavy atom. The van der Waals surface area contributed by atoms with Crippen molar-refractivity contribution in [1.82, 2.24) is 14.8 Å². The van der Waals surface area contributed by atoms with Gasteiger partial charge in [0.25, 0.3) is 0 Å². The highest BCUT2D eigenvalue weighted by Crippen LogP contribution is 2.32. The van der Waals surface area contributed by atoms with Crippen molar-refractivity contribution < 1.29 is 5.11 Å². The molecule has 2 heterocycles. The Morgan fingerprint density at radius 2 is 1.95 bits per heavy atom. The molecule has 1 unspecified atom stereocenters. The van der Waals surface area contributed by atoms with E-state index in [9.17, 15) is 5.11 Å². The van der Waals surface area contributed by atoms with Crippen molar-refractivity contribution in [3.8, 4) is 5.69 Å². The minimum atomic E-state index is -0.600. The molecule has 0 aromatic carbocycles. The fraction of sp³-hybridized carbons (Fsp3) is 0.500. The molecule has 0 bridgehead atoms. The first kappa shape index (κ1) is 14.1. The predicted molar refractivity (Wildman–Crippen MR) is 82.5 cm³/mol. The van der Waals surface area contributed by atoms with Crippen LogP contribution in [-0.4, -0.2) is 31.5 Å². The molecule has 5 heteroatoms. The number of pyridine rings is 1. The van der Waals surface area contributed by atoms with Crippen LogP contribution in [0.15, 0.2) is 36.9 Å². The van der Waals surface area contributed by atoms with Crippen LogP contribution in [0.4, 0.5) is 5.69 Å². The standard InChI is InChI=1S/C16H22N4O/c1-13(16(21)7-3-2-4-8-16)19-14-11-18-20(12-14)15-5-9-17-10-6-15/h5-6,9-13,19,21H,2-4,7-8H2,1H3. The van der Waals surface area contributed by atoms with Gasteiger partial charge in [0.05, 0.1) is 35.4 Å². The zero-order valence-corrected chi connectivity index (χ0v) is 12.4. The number of nitrogens with one attached hydrogen (secondary N) is 1. The number of rotatable bonds is 4.